The van der Waals surface area contributed by atoms with E-state index in [0.717, 1.165) is 46.5 Å². The maximum atomic E-state index is 9.59. The number of hydrogen-bond acceptors (Lipinski definition) is 5. The Kier molecular flexibility index (Phi) is 7.86. The minimum Gasteiger partial charge on any atom is -0.392 e. The molecule has 2 heterocycles. The van der Waals surface area contributed by atoms with Crippen LogP contribution in [0.1, 0.15) is 81.6 Å². The van der Waals surface area contributed by atoms with Crippen molar-refractivity contribution in [2.24, 2.45) is 22.5 Å². The average Bonchev–Trinajstić information content (AvgIpc) is 3.21. The third-order valence-corrected chi connectivity index (χ3v) is 9.79. The summed E-state index contributed by atoms with van der Waals surface area (Å²) in [5.74, 6) is 0.184. The zero-order valence-corrected chi connectivity index (χ0v) is 25.1. The van der Waals surface area contributed by atoms with E-state index in [2.05, 4.69) is 87.2 Å². The fourth-order valence-corrected chi connectivity index (χ4v) is 8.15. The van der Waals surface area contributed by atoms with Crippen LogP contribution in [-0.4, -0.2) is 35.2 Å². The van der Waals surface area contributed by atoms with Gasteiger partial charge in [-0.2, -0.15) is 0 Å². The van der Waals surface area contributed by atoms with Crippen molar-refractivity contribution in [3.8, 4) is 11.1 Å². The van der Waals surface area contributed by atoms with Crippen LogP contribution in [0.5, 0.6) is 0 Å². The quantitative estimate of drug-likeness (QED) is 0.329. The lowest BCUT2D eigenvalue weighted by molar-refractivity contribution is -0.276. The monoisotopic (exact) mass is 554 g/mol. The van der Waals surface area contributed by atoms with Gasteiger partial charge in [0.1, 0.15) is 0 Å². The molecule has 5 nitrogen and oxygen atoms in total. The minimum atomic E-state index is -0.452. The molecule has 6 atom stereocenters. The molecule has 0 amide bonds. The van der Waals surface area contributed by atoms with E-state index in [1.54, 1.807) is 0 Å². The fraction of sp³-hybridized carbons (Fsp3) is 0.500. The molecule has 3 aromatic carbocycles. The molecule has 1 saturated carbocycles. The number of benzene rings is 3. The van der Waals surface area contributed by atoms with Crippen molar-refractivity contribution < 1.29 is 14.6 Å². The first-order valence-corrected chi connectivity index (χ1v) is 15.3. The topological polar surface area (TPSA) is 68.0 Å². The second-order valence-corrected chi connectivity index (χ2v) is 13.9. The number of hydrogen-bond donors (Lipinski definition) is 2. The number of rotatable bonds is 7. The van der Waals surface area contributed by atoms with Crippen molar-refractivity contribution in [3.63, 3.8) is 0 Å². The van der Waals surface area contributed by atoms with E-state index in [0.29, 0.717) is 23.4 Å². The summed E-state index contributed by atoms with van der Waals surface area (Å²) in [6, 6.07) is 25.7. The van der Waals surface area contributed by atoms with Gasteiger partial charge in [0.15, 0.2) is 6.29 Å². The highest BCUT2D eigenvalue weighted by Gasteiger charge is 2.51. The summed E-state index contributed by atoms with van der Waals surface area (Å²) in [5, 5.41) is 9.59. The van der Waals surface area contributed by atoms with Gasteiger partial charge in [0, 0.05) is 37.2 Å². The highest BCUT2D eigenvalue weighted by Crippen LogP contribution is 2.53. The molecular weight excluding hydrogens is 508 g/mol. The van der Waals surface area contributed by atoms with E-state index in [4.69, 9.17) is 15.2 Å². The maximum Gasteiger partial charge on any atom is 0.184 e. The highest BCUT2D eigenvalue weighted by molar-refractivity contribution is 5.67. The second-order valence-electron chi connectivity index (χ2n) is 13.9. The van der Waals surface area contributed by atoms with Gasteiger partial charge in [0.05, 0.1) is 18.8 Å². The SMILES string of the molecule is C[C@H]1[C@@H](CN2CC3(C)CC2CC(C)(C)C3)O[C@@H](c2ccc(-c3ccccc3CN)cc2)O[C@H]1c1ccc(CO)cc1. The van der Waals surface area contributed by atoms with Crippen molar-refractivity contribution in [3.05, 3.63) is 95.1 Å². The van der Waals surface area contributed by atoms with Crippen LogP contribution < -0.4 is 5.73 Å². The summed E-state index contributed by atoms with van der Waals surface area (Å²) in [6.07, 6.45) is 3.32. The van der Waals surface area contributed by atoms with Crippen molar-refractivity contribution >= 4 is 0 Å². The summed E-state index contributed by atoms with van der Waals surface area (Å²) in [7, 11) is 0. The summed E-state index contributed by atoms with van der Waals surface area (Å²) >= 11 is 0. The molecule has 3 aromatic rings. The van der Waals surface area contributed by atoms with Crippen molar-refractivity contribution in [2.45, 2.75) is 84.6 Å². The van der Waals surface area contributed by atoms with Gasteiger partial charge in [-0.25, -0.2) is 0 Å². The third-order valence-electron chi connectivity index (χ3n) is 9.79. The van der Waals surface area contributed by atoms with Gasteiger partial charge in [-0.05, 0) is 57.9 Å². The number of aliphatic hydroxyl groups is 1. The first-order valence-electron chi connectivity index (χ1n) is 15.3. The number of fused-ring (bicyclic) bond motifs is 2. The molecule has 1 aliphatic carbocycles. The summed E-state index contributed by atoms with van der Waals surface area (Å²) in [6.45, 7) is 12.2. The zero-order chi connectivity index (χ0) is 28.8. The Hall–Kier alpha value is -2.54. The van der Waals surface area contributed by atoms with Gasteiger partial charge in [-0.15, -0.1) is 0 Å². The van der Waals surface area contributed by atoms with E-state index in [-0.39, 0.29) is 24.7 Å². The Balaban J connectivity index is 1.28. The highest BCUT2D eigenvalue weighted by atomic mass is 16.7. The molecule has 0 spiro atoms. The summed E-state index contributed by atoms with van der Waals surface area (Å²) < 4.78 is 13.6. The lowest BCUT2D eigenvalue weighted by Gasteiger charge is -2.43. The molecule has 0 aromatic heterocycles. The standard InChI is InChI=1S/C36H46N2O3/c1-24-32(20-38-23-36(4)18-30(38)17-35(2,3)22-36)40-34(41-33(24)27-11-9-25(21-39)10-12-27)28-15-13-26(14-16-28)31-8-6-5-7-29(31)19-37/h5-16,24,30,32-34,39H,17-23,37H2,1-4H3/t24-,30?,32+,33+,34+,36?/m0/s1. The van der Waals surface area contributed by atoms with E-state index < -0.39 is 6.29 Å². The van der Waals surface area contributed by atoms with Crippen LogP contribution in [0.4, 0.5) is 0 Å². The Labute approximate surface area is 245 Å². The molecule has 3 aliphatic rings. The molecule has 0 radical (unpaired) electrons. The molecule has 2 aliphatic heterocycles. The van der Waals surface area contributed by atoms with Crippen molar-refractivity contribution in [2.75, 3.05) is 13.1 Å². The van der Waals surface area contributed by atoms with Crippen LogP contribution >= 0.6 is 0 Å². The molecule has 3 N–H and O–H groups in total. The van der Waals surface area contributed by atoms with Crippen LogP contribution in [0.25, 0.3) is 11.1 Å². The Morgan fingerprint density at radius 3 is 2.32 bits per heavy atom. The van der Waals surface area contributed by atoms with Crippen molar-refractivity contribution in [1.29, 1.82) is 0 Å². The van der Waals surface area contributed by atoms with Gasteiger partial charge in [0.2, 0.25) is 0 Å². The third kappa shape index (κ3) is 5.89. The van der Waals surface area contributed by atoms with Crippen molar-refractivity contribution in [1.82, 2.24) is 4.90 Å². The molecule has 2 bridgehead atoms. The minimum absolute atomic E-state index is 0.0416. The first kappa shape index (κ1) is 28.6. The first-order chi connectivity index (χ1) is 19.7. The van der Waals surface area contributed by atoms with Gasteiger partial charge >= 0.3 is 0 Å². The molecular formula is C36H46N2O3. The molecule has 3 fully saturated rings. The number of aliphatic hydroxyl groups excluding tert-OH is 1. The summed E-state index contributed by atoms with van der Waals surface area (Å²) in [4.78, 5) is 2.72. The lowest BCUT2D eigenvalue weighted by atomic mass is 9.65. The Bertz CT molecular complexity index is 1340. The number of ether oxygens (including phenoxy) is 2. The fourth-order valence-electron chi connectivity index (χ4n) is 8.15. The Morgan fingerprint density at radius 2 is 1.61 bits per heavy atom. The zero-order valence-electron chi connectivity index (χ0n) is 25.1. The van der Waals surface area contributed by atoms with Crippen LogP contribution in [0.15, 0.2) is 72.8 Å². The van der Waals surface area contributed by atoms with Gasteiger partial charge < -0.3 is 20.3 Å². The molecule has 2 saturated heterocycles. The van der Waals surface area contributed by atoms with Gasteiger partial charge in [0.25, 0.3) is 0 Å². The predicted molar refractivity (Wildman–Crippen MR) is 164 cm³/mol. The normalized spacial score (nSPS) is 31.3. The van der Waals surface area contributed by atoms with Crippen LogP contribution in [-0.2, 0) is 22.6 Å². The maximum absolute atomic E-state index is 9.59. The molecule has 6 rings (SSSR count). The van der Waals surface area contributed by atoms with Crippen LogP contribution in [0, 0.1) is 16.7 Å². The van der Waals surface area contributed by atoms with Gasteiger partial charge in [-0.1, -0.05) is 100 Å². The Morgan fingerprint density at radius 1 is 0.902 bits per heavy atom. The molecule has 41 heavy (non-hydrogen) atoms. The summed E-state index contributed by atoms with van der Waals surface area (Å²) in [5.41, 5.74) is 13.3. The lowest BCUT2D eigenvalue weighted by Crippen LogP contribution is -2.46. The molecule has 218 valence electrons. The van der Waals surface area contributed by atoms with E-state index in [1.165, 1.54) is 19.3 Å². The van der Waals surface area contributed by atoms with Crippen LogP contribution in [0.3, 0.4) is 0 Å². The molecule has 5 heteroatoms. The van der Waals surface area contributed by atoms with Gasteiger partial charge in [-0.3, -0.25) is 4.90 Å². The van der Waals surface area contributed by atoms with E-state index in [9.17, 15) is 5.11 Å². The smallest absolute Gasteiger partial charge is 0.184 e. The van der Waals surface area contributed by atoms with E-state index in [1.807, 2.05) is 18.2 Å². The number of nitrogens with zero attached hydrogens (tertiary/aromatic N) is 1. The predicted octanol–water partition coefficient (Wildman–Crippen LogP) is 7.00. The average molecular weight is 555 g/mol. The number of nitrogens with two attached hydrogens (primary N) is 1. The van der Waals surface area contributed by atoms with Crippen LogP contribution in [0.2, 0.25) is 0 Å². The largest absolute Gasteiger partial charge is 0.392 e. The number of likely N-dealkylation sites (tertiary alicyclic amines) is 1. The second kappa shape index (κ2) is 11.3. The van der Waals surface area contributed by atoms with E-state index >= 15 is 0 Å². The molecule has 2 unspecified atom stereocenters.